The number of imide groups is 2. The number of benzene rings is 1. The van der Waals surface area contributed by atoms with Crippen LogP contribution in [0.5, 0.6) is 0 Å². The van der Waals surface area contributed by atoms with Crippen molar-refractivity contribution in [1.82, 2.24) is 10.2 Å². The van der Waals surface area contributed by atoms with Gasteiger partial charge in [0.25, 0.3) is 21.9 Å². The molecule has 0 spiro atoms. The number of carbonyl (C=O) groups is 4. The fourth-order valence-corrected chi connectivity index (χ4v) is 3.58. The first-order valence-electron chi connectivity index (χ1n) is 7.36. The van der Waals surface area contributed by atoms with Gasteiger partial charge in [-0.25, -0.2) is 0 Å². The summed E-state index contributed by atoms with van der Waals surface area (Å²) in [5.74, 6) is -2.93. The molecule has 1 aromatic rings. The Labute approximate surface area is 143 Å². The van der Waals surface area contributed by atoms with Gasteiger partial charge in [-0.05, 0) is 24.1 Å². The lowest BCUT2D eigenvalue weighted by molar-refractivity contribution is -0.136. The van der Waals surface area contributed by atoms with Crippen LogP contribution in [0.4, 0.5) is 0 Å². The van der Waals surface area contributed by atoms with Crippen molar-refractivity contribution in [2.24, 2.45) is 0 Å². The zero-order valence-corrected chi connectivity index (χ0v) is 14.0. The van der Waals surface area contributed by atoms with Gasteiger partial charge in [0.05, 0.1) is 18.2 Å². The second kappa shape index (κ2) is 6.05. The molecule has 4 amide bonds. The molecule has 9 nitrogen and oxygen atoms in total. The van der Waals surface area contributed by atoms with E-state index in [9.17, 15) is 27.6 Å². The Morgan fingerprint density at radius 1 is 1.16 bits per heavy atom. The SMILES string of the molecule is COS(=O)(=O)Cc1ccc2c(c1)C(=O)N(C1CCC(=O)NC1=O)C2=O. The average Bonchev–Trinajstić information content (AvgIpc) is 2.79. The van der Waals surface area contributed by atoms with Gasteiger partial charge in [0, 0.05) is 6.42 Å². The van der Waals surface area contributed by atoms with E-state index >= 15 is 0 Å². The second-order valence-corrected chi connectivity index (χ2v) is 7.43. The lowest BCUT2D eigenvalue weighted by Gasteiger charge is -2.27. The fraction of sp³-hybridized carbons (Fsp3) is 0.333. The van der Waals surface area contributed by atoms with Crippen molar-refractivity contribution in [2.45, 2.75) is 24.6 Å². The molecule has 1 aromatic carbocycles. The third kappa shape index (κ3) is 3.05. The molecule has 0 aromatic heterocycles. The number of rotatable bonds is 4. The molecule has 25 heavy (non-hydrogen) atoms. The van der Waals surface area contributed by atoms with E-state index in [-0.39, 0.29) is 29.5 Å². The number of nitrogens with zero attached hydrogens (tertiary/aromatic N) is 1. The van der Waals surface area contributed by atoms with Crippen LogP contribution >= 0.6 is 0 Å². The Bertz CT molecular complexity index is 906. The molecule has 1 saturated heterocycles. The lowest BCUT2D eigenvalue weighted by Crippen LogP contribution is -2.54. The van der Waals surface area contributed by atoms with E-state index in [0.717, 1.165) is 12.0 Å². The quantitative estimate of drug-likeness (QED) is 0.565. The molecule has 0 radical (unpaired) electrons. The Balaban J connectivity index is 1.92. The molecule has 0 saturated carbocycles. The molecular formula is C15H14N2O7S. The molecular weight excluding hydrogens is 352 g/mol. The second-order valence-electron chi connectivity index (χ2n) is 5.70. The third-order valence-electron chi connectivity index (χ3n) is 4.10. The summed E-state index contributed by atoms with van der Waals surface area (Å²) >= 11 is 0. The minimum Gasteiger partial charge on any atom is -0.295 e. The van der Waals surface area contributed by atoms with Crippen molar-refractivity contribution in [1.29, 1.82) is 0 Å². The molecule has 1 atom stereocenters. The van der Waals surface area contributed by atoms with Crippen molar-refractivity contribution in [3.8, 4) is 0 Å². The van der Waals surface area contributed by atoms with E-state index in [1.54, 1.807) is 0 Å². The molecule has 3 rings (SSSR count). The highest BCUT2D eigenvalue weighted by Gasteiger charge is 2.44. The van der Waals surface area contributed by atoms with E-state index < -0.39 is 45.5 Å². The number of fused-ring (bicyclic) bond motifs is 1. The highest BCUT2D eigenvalue weighted by molar-refractivity contribution is 7.85. The molecule has 2 aliphatic rings. The van der Waals surface area contributed by atoms with Gasteiger partial charge in [0.1, 0.15) is 11.8 Å². The molecule has 10 heteroatoms. The van der Waals surface area contributed by atoms with Gasteiger partial charge < -0.3 is 0 Å². The van der Waals surface area contributed by atoms with Crippen LogP contribution in [-0.2, 0) is 29.6 Å². The summed E-state index contributed by atoms with van der Waals surface area (Å²) in [4.78, 5) is 49.1. The van der Waals surface area contributed by atoms with Crippen LogP contribution in [0.25, 0.3) is 0 Å². The normalized spacial score (nSPS) is 20.7. The first kappa shape index (κ1) is 17.2. The standard InChI is InChI=1S/C15H14N2O7S/c1-24-25(22,23)7-8-2-3-9-10(6-8)15(21)17(14(9)20)11-4-5-12(18)16-13(11)19/h2-3,6,11H,4-5,7H2,1H3,(H,16,18,19). The smallest absolute Gasteiger partial charge is 0.271 e. The maximum atomic E-state index is 12.6. The van der Waals surface area contributed by atoms with E-state index in [1.807, 2.05) is 0 Å². The van der Waals surface area contributed by atoms with Gasteiger partial charge in [-0.1, -0.05) is 6.07 Å². The van der Waals surface area contributed by atoms with Crippen molar-refractivity contribution in [3.63, 3.8) is 0 Å². The van der Waals surface area contributed by atoms with Gasteiger partial charge in [0.15, 0.2) is 0 Å². The first-order chi connectivity index (χ1) is 11.7. The van der Waals surface area contributed by atoms with E-state index in [2.05, 4.69) is 9.50 Å². The van der Waals surface area contributed by atoms with Crippen molar-refractivity contribution in [3.05, 3.63) is 34.9 Å². The first-order valence-corrected chi connectivity index (χ1v) is 8.94. The molecule has 0 aliphatic carbocycles. The van der Waals surface area contributed by atoms with Crippen LogP contribution in [0.15, 0.2) is 18.2 Å². The molecule has 1 fully saturated rings. The van der Waals surface area contributed by atoms with Crippen LogP contribution in [-0.4, -0.2) is 50.1 Å². The zero-order valence-electron chi connectivity index (χ0n) is 13.1. The minimum atomic E-state index is -3.78. The van der Waals surface area contributed by atoms with Crippen LogP contribution < -0.4 is 5.32 Å². The number of hydrogen-bond donors (Lipinski definition) is 1. The maximum Gasteiger partial charge on any atom is 0.271 e. The number of piperidine rings is 1. The van der Waals surface area contributed by atoms with Crippen molar-refractivity contribution in [2.75, 3.05) is 7.11 Å². The predicted molar refractivity (Wildman–Crippen MR) is 82.7 cm³/mol. The number of carbonyl (C=O) groups excluding carboxylic acids is 4. The lowest BCUT2D eigenvalue weighted by atomic mass is 10.0. The summed E-state index contributed by atoms with van der Waals surface area (Å²) in [5.41, 5.74) is 0.402. The number of hydrogen-bond acceptors (Lipinski definition) is 7. The molecule has 1 unspecified atom stereocenters. The largest absolute Gasteiger partial charge is 0.295 e. The van der Waals surface area contributed by atoms with Crippen molar-refractivity contribution < 1.29 is 31.8 Å². The molecule has 2 heterocycles. The van der Waals surface area contributed by atoms with E-state index in [1.165, 1.54) is 18.2 Å². The van der Waals surface area contributed by atoms with Gasteiger partial charge in [-0.15, -0.1) is 0 Å². The summed E-state index contributed by atoms with van der Waals surface area (Å²) in [6.07, 6.45) is 0.0855. The topological polar surface area (TPSA) is 127 Å². The number of nitrogens with one attached hydrogen (secondary N) is 1. The third-order valence-corrected chi connectivity index (χ3v) is 5.30. The predicted octanol–water partition coefficient (Wildman–Crippen LogP) is -0.436. The highest BCUT2D eigenvalue weighted by atomic mass is 32.2. The summed E-state index contributed by atoms with van der Waals surface area (Å²) in [7, 11) is -2.75. The molecule has 2 aliphatic heterocycles. The van der Waals surface area contributed by atoms with Crippen LogP contribution in [0.2, 0.25) is 0 Å². The molecule has 1 N–H and O–H groups in total. The Morgan fingerprint density at radius 2 is 1.84 bits per heavy atom. The zero-order chi connectivity index (χ0) is 18.4. The van der Waals surface area contributed by atoms with Crippen LogP contribution in [0, 0.1) is 0 Å². The summed E-state index contributed by atoms with van der Waals surface area (Å²) in [6.45, 7) is 0. The van der Waals surface area contributed by atoms with Crippen LogP contribution in [0.3, 0.4) is 0 Å². The van der Waals surface area contributed by atoms with Gasteiger partial charge in [0.2, 0.25) is 11.8 Å². The summed E-state index contributed by atoms with van der Waals surface area (Å²) < 4.78 is 27.4. The molecule has 132 valence electrons. The summed E-state index contributed by atoms with van der Waals surface area (Å²) in [6, 6.07) is 3.01. The van der Waals surface area contributed by atoms with E-state index in [4.69, 9.17) is 0 Å². The van der Waals surface area contributed by atoms with Crippen LogP contribution in [0.1, 0.15) is 39.1 Å². The van der Waals surface area contributed by atoms with Crippen molar-refractivity contribution >= 4 is 33.7 Å². The van der Waals surface area contributed by atoms with E-state index in [0.29, 0.717) is 0 Å². The highest BCUT2D eigenvalue weighted by Crippen LogP contribution is 2.28. The summed E-state index contributed by atoms with van der Waals surface area (Å²) in [5, 5.41) is 2.10. The average molecular weight is 366 g/mol. The van der Waals surface area contributed by atoms with Gasteiger partial charge >= 0.3 is 0 Å². The Hall–Kier alpha value is -2.59. The van der Waals surface area contributed by atoms with Gasteiger partial charge in [-0.2, -0.15) is 8.42 Å². The Morgan fingerprint density at radius 3 is 2.48 bits per heavy atom. The minimum absolute atomic E-state index is 0.0264. The Kier molecular flexibility index (Phi) is 4.17. The monoisotopic (exact) mass is 366 g/mol. The molecule has 0 bridgehead atoms. The fourth-order valence-electron chi connectivity index (χ4n) is 2.87. The van der Waals surface area contributed by atoms with Gasteiger partial charge in [-0.3, -0.25) is 33.6 Å². The number of amides is 4. The maximum absolute atomic E-state index is 12.6.